The van der Waals surface area contributed by atoms with Crippen LogP contribution >= 0.6 is 11.6 Å². The standard InChI is InChI=1S/C21H22ClN3O4S/c22-16-5-3-6-17(15-16)23-11-13-24(14-12-23)20(26)9-4-10-25-21(27)18-7-1-2-8-19(18)30(25,28)29/h1-3,5-8,15H,4,9-14H2. The van der Waals surface area contributed by atoms with Gasteiger partial charge in [-0.05, 0) is 36.8 Å². The molecule has 7 nitrogen and oxygen atoms in total. The fourth-order valence-corrected chi connectivity index (χ4v) is 5.66. The summed E-state index contributed by atoms with van der Waals surface area (Å²) < 4.78 is 26.0. The minimum atomic E-state index is -3.82. The summed E-state index contributed by atoms with van der Waals surface area (Å²) >= 11 is 6.05. The molecule has 2 aliphatic rings. The lowest BCUT2D eigenvalue weighted by Gasteiger charge is -2.36. The Balaban J connectivity index is 1.29. The van der Waals surface area contributed by atoms with Crippen molar-refractivity contribution in [1.82, 2.24) is 9.21 Å². The van der Waals surface area contributed by atoms with E-state index in [-0.39, 0.29) is 29.3 Å². The lowest BCUT2D eigenvalue weighted by molar-refractivity contribution is -0.131. The first kappa shape index (κ1) is 20.7. The van der Waals surface area contributed by atoms with Crippen molar-refractivity contribution >= 4 is 39.1 Å². The summed E-state index contributed by atoms with van der Waals surface area (Å²) in [5, 5.41) is 0.680. The second-order valence-corrected chi connectivity index (χ2v) is 9.60. The molecule has 0 spiro atoms. The summed E-state index contributed by atoms with van der Waals surface area (Å²) in [6.07, 6.45) is 0.499. The fraction of sp³-hybridized carbons (Fsp3) is 0.333. The molecular formula is C21H22ClN3O4S. The molecule has 1 saturated heterocycles. The predicted molar refractivity (Wildman–Crippen MR) is 114 cm³/mol. The number of amides is 2. The molecule has 9 heteroatoms. The Kier molecular flexibility index (Phi) is 5.71. The van der Waals surface area contributed by atoms with Crippen LogP contribution in [0.2, 0.25) is 5.02 Å². The summed E-state index contributed by atoms with van der Waals surface area (Å²) in [7, 11) is -3.82. The van der Waals surface area contributed by atoms with Crippen molar-refractivity contribution in [2.45, 2.75) is 17.7 Å². The van der Waals surface area contributed by atoms with E-state index in [1.165, 1.54) is 12.1 Å². The first-order valence-corrected chi connectivity index (χ1v) is 11.6. The molecule has 0 unspecified atom stereocenters. The number of anilines is 1. The van der Waals surface area contributed by atoms with Crippen molar-refractivity contribution in [2.75, 3.05) is 37.6 Å². The summed E-state index contributed by atoms with van der Waals surface area (Å²) in [5.74, 6) is -0.546. The van der Waals surface area contributed by atoms with Gasteiger partial charge in [-0.15, -0.1) is 0 Å². The van der Waals surface area contributed by atoms with Crippen molar-refractivity contribution in [1.29, 1.82) is 0 Å². The quantitative estimate of drug-likeness (QED) is 0.704. The topological polar surface area (TPSA) is 78.0 Å². The highest BCUT2D eigenvalue weighted by Gasteiger charge is 2.40. The summed E-state index contributed by atoms with van der Waals surface area (Å²) in [6, 6.07) is 13.8. The van der Waals surface area contributed by atoms with Gasteiger partial charge in [-0.25, -0.2) is 12.7 Å². The van der Waals surface area contributed by atoms with Crippen molar-refractivity contribution in [2.24, 2.45) is 0 Å². The zero-order valence-electron chi connectivity index (χ0n) is 16.3. The normalized spacial score (nSPS) is 17.9. The fourth-order valence-electron chi connectivity index (χ4n) is 3.87. The number of rotatable bonds is 5. The Bertz CT molecular complexity index is 1080. The molecule has 4 rings (SSSR count). The van der Waals surface area contributed by atoms with Gasteiger partial charge >= 0.3 is 0 Å². The van der Waals surface area contributed by atoms with Gasteiger partial charge in [-0.3, -0.25) is 9.59 Å². The van der Waals surface area contributed by atoms with Crippen LogP contribution in [0, 0.1) is 0 Å². The number of carbonyl (C=O) groups excluding carboxylic acids is 2. The highest BCUT2D eigenvalue weighted by Crippen LogP contribution is 2.30. The van der Waals surface area contributed by atoms with E-state index < -0.39 is 15.9 Å². The molecule has 0 aromatic heterocycles. The van der Waals surface area contributed by atoms with Gasteiger partial charge in [-0.1, -0.05) is 29.8 Å². The van der Waals surface area contributed by atoms with Crippen LogP contribution < -0.4 is 4.90 Å². The first-order chi connectivity index (χ1) is 14.4. The average molecular weight is 448 g/mol. The lowest BCUT2D eigenvalue weighted by atomic mass is 10.2. The molecule has 0 bridgehead atoms. The van der Waals surface area contributed by atoms with Crippen LogP contribution in [-0.4, -0.2) is 62.2 Å². The van der Waals surface area contributed by atoms with Crippen molar-refractivity contribution in [3.63, 3.8) is 0 Å². The zero-order chi connectivity index (χ0) is 21.3. The van der Waals surface area contributed by atoms with E-state index in [2.05, 4.69) is 4.90 Å². The van der Waals surface area contributed by atoms with Gasteiger partial charge in [0.05, 0.1) is 5.56 Å². The number of sulfonamides is 1. The van der Waals surface area contributed by atoms with Gasteiger partial charge in [0.2, 0.25) is 5.91 Å². The highest BCUT2D eigenvalue weighted by molar-refractivity contribution is 7.90. The van der Waals surface area contributed by atoms with Crippen LogP contribution in [0.4, 0.5) is 5.69 Å². The second-order valence-electron chi connectivity index (χ2n) is 7.33. The van der Waals surface area contributed by atoms with E-state index in [1.807, 2.05) is 24.3 Å². The average Bonchev–Trinajstić information content (AvgIpc) is 2.94. The highest BCUT2D eigenvalue weighted by atomic mass is 35.5. The van der Waals surface area contributed by atoms with Crippen LogP contribution in [0.25, 0.3) is 0 Å². The lowest BCUT2D eigenvalue weighted by Crippen LogP contribution is -2.48. The molecule has 1 fully saturated rings. The van der Waals surface area contributed by atoms with E-state index >= 15 is 0 Å². The third kappa shape index (κ3) is 3.89. The van der Waals surface area contributed by atoms with Gasteiger partial charge < -0.3 is 9.80 Å². The molecule has 2 amide bonds. The monoisotopic (exact) mass is 447 g/mol. The first-order valence-electron chi connectivity index (χ1n) is 9.82. The van der Waals surface area contributed by atoms with Crippen LogP contribution in [0.1, 0.15) is 23.2 Å². The number of hydrogen-bond donors (Lipinski definition) is 0. The summed E-state index contributed by atoms with van der Waals surface area (Å²) in [5.41, 5.74) is 1.23. The third-order valence-corrected chi connectivity index (χ3v) is 7.55. The number of nitrogens with zero attached hydrogens (tertiary/aromatic N) is 3. The van der Waals surface area contributed by atoms with Crippen molar-refractivity contribution in [3.05, 3.63) is 59.1 Å². The molecule has 158 valence electrons. The SMILES string of the molecule is O=C(CCCN1C(=O)c2ccccc2S1(=O)=O)N1CCN(c2cccc(Cl)c2)CC1. The van der Waals surface area contributed by atoms with Crippen LogP contribution in [0.5, 0.6) is 0 Å². The Morgan fingerprint density at radius 1 is 1.00 bits per heavy atom. The van der Waals surface area contributed by atoms with Crippen LogP contribution in [0.15, 0.2) is 53.4 Å². The molecule has 30 heavy (non-hydrogen) atoms. The van der Waals surface area contributed by atoms with Crippen molar-refractivity contribution < 1.29 is 18.0 Å². The van der Waals surface area contributed by atoms with Gasteiger partial charge in [0.25, 0.3) is 15.9 Å². The minimum absolute atomic E-state index is 0.00403. The van der Waals surface area contributed by atoms with E-state index in [0.717, 1.165) is 9.99 Å². The molecule has 0 saturated carbocycles. The number of fused-ring (bicyclic) bond motifs is 1. The summed E-state index contributed by atoms with van der Waals surface area (Å²) in [6.45, 7) is 2.61. The summed E-state index contributed by atoms with van der Waals surface area (Å²) in [4.78, 5) is 29.0. The Hall–Kier alpha value is -2.58. The molecule has 0 radical (unpaired) electrons. The number of halogens is 1. The molecule has 2 heterocycles. The molecule has 0 N–H and O–H groups in total. The second kappa shape index (κ2) is 8.28. The van der Waals surface area contributed by atoms with E-state index in [4.69, 9.17) is 11.6 Å². The Morgan fingerprint density at radius 3 is 2.43 bits per heavy atom. The minimum Gasteiger partial charge on any atom is -0.368 e. The number of hydrogen-bond acceptors (Lipinski definition) is 5. The van der Waals surface area contributed by atoms with Crippen LogP contribution in [0.3, 0.4) is 0 Å². The van der Waals surface area contributed by atoms with E-state index in [0.29, 0.717) is 37.6 Å². The molecule has 0 atom stereocenters. The van der Waals surface area contributed by atoms with Crippen LogP contribution in [-0.2, 0) is 14.8 Å². The molecule has 2 aliphatic heterocycles. The Labute approximate surface area is 180 Å². The number of piperazine rings is 1. The van der Waals surface area contributed by atoms with Gasteiger partial charge in [0, 0.05) is 49.9 Å². The maximum absolute atomic E-state index is 12.6. The van der Waals surface area contributed by atoms with Gasteiger partial charge in [-0.2, -0.15) is 0 Å². The van der Waals surface area contributed by atoms with E-state index in [1.54, 1.807) is 17.0 Å². The predicted octanol–water partition coefficient (Wildman–Crippen LogP) is 2.61. The van der Waals surface area contributed by atoms with Gasteiger partial charge in [0.1, 0.15) is 4.90 Å². The maximum Gasteiger partial charge on any atom is 0.269 e. The zero-order valence-corrected chi connectivity index (χ0v) is 17.9. The molecule has 2 aromatic rings. The van der Waals surface area contributed by atoms with Crippen molar-refractivity contribution in [3.8, 4) is 0 Å². The smallest absolute Gasteiger partial charge is 0.269 e. The maximum atomic E-state index is 12.6. The number of benzene rings is 2. The molecular weight excluding hydrogens is 426 g/mol. The van der Waals surface area contributed by atoms with Gasteiger partial charge in [0.15, 0.2) is 0 Å². The Morgan fingerprint density at radius 2 is 1.73 bits per heavy atom. The van der Waals surface area contributed by atoms with E-state index in [9.17, 15) is 18.0 Å². The molecule has 2 aromatic carbocycles. The third-order valence-electron chi connectivity index (χ3n) is 5.47. The number of carbonyl (C=O) groups is 2. The largest absolute Gasteiger partial charge is 0.368 e. The molecule has 0 aliphatic carbocycles.